The number of rotatable bonds is 1. The first kappa shape index (κ1) is 17.2. The fourth-order valence-electron chi connectivity index (χ4n) is 6.87. The summed E-state index contributed by atoms with van der Waals surface area (Å²) in [5, 5.41) is 0. The van der Waals surface area contributed by atoms with Crippen LogP contribution in [0.5, 0.6) is 0 Å². The summed E-state index contributed by atoms with van der Waals surface area (Å²) in [4.78, 5) is 23.4. The molecule has 4 aliphatic carbocycles. The van der Waals surface area contributed by atoms with Crippen LogP contribution in [0.2, 0.25) is 0 Å². The first-order chi connectivity index (χ1) is 11.8. The quantitative estimate of drug-likeness (QED) is 0.521. The van der Waals surface area contributed by atoms with Gasteiger partial charge in [-0.2, -0.15) is 0 Å². The van der Waals surface area contributed by atoms with Gasteiger partial charge in [0, 0.05) is 18.8 Å². The summed E-state index contributed by atoms with van der Waals surface area (Å²) in [6.45, 7) is 5.98. The van der Waals surface area contributed by atoms with Crippen molar-refractivity contribution in [2.24, 2.45) is 28.6 Å². The summed E-state index contributed by atoms with van der Waals surface area (Å²) in [6, 6.07) is 0. The predicted molar refractivity (Wildman–Crippen MR) is 92.5 cm³/mol. The van der Waals surface area contributed by atoms with Crippen LogP contribution in [-0.2, 0) is 14.3 Å². The molecule has 1 unspecified atom stereocenters. The second-order valence-corrected chi connectivity index (χ2v) is 9.24. The molecule has 0 amide bonds. The summed E-state index contributed by atoms with van der Waals surface area (Å²) in [6.07, 6.45) is 6.83. The minimum atomic E-state index is -1.38. The van der Waals surface area contributed by atoms with Crippen molar-refractivity contribution in [3.05, 3.63) is 11.6 Å². The van der Waals surface area contributed by atoms with Gasteiger partial charge in [-0.3, -0.25) is 9.59 Å². The highest BCUT2D eigenvalue weighted by atomic mass is 19.1. The fraction of sp³-hybridized carbons (Fsp3) is 0.810. The van der Waals surface area contributed by atoms with Gasteiger partial charge in [-0.05, 0) is 67.3 Å². The lowest BCUT2D eigenvalue weighted by Gasteiger charge is -2.57. The first-order valence-corrected chi connectivity index (χ1v) is 9.82. The Kier molecular flexibility index (Phi) is 3.90. The fourth-order valence-corrected chi connectivity index (χ4v) is 6.87. The molecule has 0 saturated heterocycles. The molecule has 0 heterocycles. The molecule has 0 aromatic rings. The molecule has 7 atom stereocenters. The van der Waals surface area contributed by atoms with Crippen molar-refractivity contribution in [1.82, 2.24) is 0 Å². The molecule has 4 rings (SSSR count). The number of fused-ring (bicyclic) bond motifs is 5. The molecule has 3 fully saturated rings. The highest BCUT2D eigenvalue weighted by molar-refractivity contribution is 5.87. The Hall–Kier alpha value is -1.19. The van der Waals surface area contributed by atoms with Crippen LogP contribution < -0.4 is 0 Å². The monoisotopic (exact) mass is 348 g/mol. The number of esters is 1. The van der Waals surface area contributed by atoms with Crippen LogP contribution in [0.15, 0.2) is 11.6 Å². The van der Waals surface area contributed by atoms with E-state index in [-0.39, 0.29) is 28.7 Å². The minimum absolute atomic E-state index is 0.0241. The Labute approximate surface area is 149 Å². The van der Waals surface area contributed by atoms with Crippen molar-refractivity contribution >= 4 is 11.8 Å². The summed E-state index contributed by atoms with van der Waals surface area (Å²) in [7, 11) is 0. The van der Waals surface area contributed by atoms with E-state index in [0.717, 1.165) is 44.1 Å². The van der Waals surface area contributed by atoms with E-state index in [0.29, 0.717) is 24.2 Å². The highest BCUT2D eigenvalue weighted by Gasteiger charge is 2.60. The number of ether oxygens (including phenoxy) is 1. The third kappa shape index (κ3) is 2.35. The number of halogens is 1. The van der Waals surface area contributed by atoms with E-state index in [2.05, 4.69) is 13.8 Å². The molecule has 0 aromatic heterocycles. The van der Waals surface area contributed by atoms with E-state index in [1.165, 1.54) is 6.92 Å². The molecule has 138 valence electrons. The van der Waals surface area contributed by atoms with Gasteiger partial charge in [0.05, 0.1) is 0 Å². The number of alkyl halides is 1. The Balaban J connectivity index is 1.65. The van der Waals surface area contributed by atoms with Crippen molar-refractivity contribution in [1.29, 1.82) is 0 Å². The number of hydrogen-bond acceptors (Lipinski definition) is 3. The second-order valence-electron chi connectivity index (χ2n) is 9.24. The number of allylic oxidation sites excluding steroid dienone is 2. The van der Waals surface area contributed by atoms with E-state index in [1.54, 1.807) is 0 Å². The minimum Gasteiger partial charge on any atom is -0.462 e. The molecule has 0 N–H and O–H groups in total. The van der Waals surface area contributed by atoms with Crippen LogP contribution in [0.3, 0.4) is 0 Å². The van der Waals surface area contributed by atoms with Gasteiger partial charge in [-0.1, -0.05) is 19.9 Å². The van der Waals surface area contributed by atoms with Gasteiger partial charge < -0.3 is 4.74 Å². The van der Waals surface area contributed by atoms with Crippen molar-refractivity contribution in [2.75, 3.05) is 0 Å². The maximum Gasteiger partial charge on any atom is 0.302 e. The number of carbonyl (C=O) groups is 2. The van der Waals surface area contributed by atoms with Gasteiger partial charge in [0.15, 0.2) is 12.0 Å². The van der Waals surface area contributed by atoms with Crippen LogP contribution in [0, 0.1) is 28.6 Å². The van der Waals surface area contributed by atoms with Crippen LogP contribution in [-0.4, -0.2) is 24.0 Å². The standard InChI is InChI=1S/C21H29FO3/c1-12(23)25-18-7-6-14-13-4-5-16-19(22)17(24)9-11-20(16,2)15(13)8-10-21(14,18)3/h5,13-15,18-19H,4,6-11H2,1-3H3/t13-,14-,15-,18-,19?,20+,21-/m0/s1. The molecule has 4 aliphatic rings. The Morgan fingerprint density at radius 1 is 1.20 bits per heavy atom. The van der Waals surface area contributed by atoms with Crippen molar-refractivity contribution in [3.63, 3.8) is 0 Å². The summed E-state index contributed by atoms with van der Waals surface area (Å²) in [5.74, 6) is 1.08. The zero-order valence-corrected chi connectivity index (χ0v) is 15.5. The molecule has 3 nitrogen and oxygen atoms in total. The summed E-state index contributed by atoms with van der Waals surface area (Å²) in [5.41, 5.74) is 0.647. The second kappa shape index (κ2) is 5.65. The lowest BCUT2D eigenvalue weighted by Crippen LogP contribution is -2.53. The molecule has 0 radical (unpaired) electrons. The predicted octanol–water partition coefficient (Wildman–Crippen LogP) is 4.40. The topological polar surface area (TPSA) is 43.4 Å². The van der Waals surface area contributed by atoms with E-state index >= 15 is 0 Å². The maximum atomic E-state index is 14.6. The Morgan fingerprint density at radius 2 is 1.96 bits per heavy atom. The molecule has 0 aromatic carbocycles. The molecule has 3 saturated carbocycles. The first-order valence-electron chi connectivity index (χ1n) is 9.82. The molecule has 0 aliphatic heterocycles. The van der Waals surface area contributed by atoms with Gasteiger partial charge in [0.2, 0.25) is 0 Å². The Bertz CT molecular complexity index is 641. The molecular weight excluding hydrogens is 319 g/mol. The van der Waals surface area contributed by atoms with Gasteiger partial charge >= 0.3 is 5.97 Å². The Morgan fingerprint density at radius 3 is 2.68 bits per heavy atom. The van der Waals surface area contributed by atoms with Crippen LogP contribution in [0.4, 0.5) is 4.39 Å². The third-order valence-corrected chi connectivity index (χ3v) is 8.19. The summed E-state index contributed by atoms with van der Waals surface area (Å²) >= 11 is 0. The lowest BCUT2D eigenvalue weighted by atomic mass is 9.48. The normalized spacial score (nSPS) is 48.9. The van der Waals surface area contributed by atoms with Gasteiger partial charge in [0.1, 0.15) is 6.10 Å². The zero-order valence-electron chi connectivity index (χ0n) is 15.5. The molecule has 4 heteroatoms. The molecule has 25 heavy (non-hydrogen) atoms. The van der Waals surface area contributed by atoms with Crippen molar-refractivity contribution in [2.45, 2.75) is 78.0 Å². The molecular formula is C21H29FO3. The summed E-state index contributed by atoms with van der Waals surface area (Å²) < 4.78 is 20.3. The van der Waals surface area contributed by atoms with Crippen molar-refractivity contribution < 1.29 is 18.7 Å². The average Bonchev–Trinajstić information content (AvgIpc) is 2.88. The largest absolute Gasteiger partial charge is 0.462 e. The smallest absolute Gasteiger partial charge is 0.302 e. The van der Waals surface area contributed by atoms with Crippen LogP contribution >= 0.6 is 0 Å². The number of Topliss-reactive ketones (excluding diaryl/α,β-unsaturated/α-hetero) is 1. The highest BCUT2D eigenvalue weighted by Crippen LogP contribution is 2.65. The van der Waals surface area contributed by atoms with E-state index < -0.39 is 6.17 Å². The zero-order chi connectivity index (χ0) is 18.0. The lowest BCUT2D eigenvalue weighted by molar-refractivity contribution is -0.156. The van der Waals surface area contributed by atoms with Gasteiger partial charge in [-0.15, -0.1) is 0 Å². The SMILES string of the molecule is CC(=O)O[C@H]1CC[C@H]2[C@@H]3CC=C4C(F)C(=O)CC[C@]4(C)[C@H]3CC[C@]12C. The van der Waals surface area contributed by atoms with Crippen LogP contribution in [0.25, 0.3) is 0 Å². The number of hydrogen-bond donors (Lipinski definition) is 0. The number of carbonyl (C=O) groups excluding carboxylic acids is 2. The van der Waals surface area contributed by atoms with Crippen molar-refractivity contribution in [3.8, 4) is 0 Å². The third-order valence-electron chi connectivity index (χ3n) is 8.19. The molecule has 0 bridgehead atoms. The van der Waals surface area contributed by atoms with E-state index in [9.17, 15) is 14.0 Å². The maximum absolute atomic E-state index is 14.6. The molecule has 0 spiro atoms. The van der Waals surface area contributed by atoms with Gasteiger partial charge in [-0.25, -0.2) is 4.39 Å². The van der Waals surface area contributed by atoms with E-state index in [4.69, 9.17) is 4.74 Å². The average molecular weight is 348 g/mol. The van der Waals surface area contributed by atoms with Gasteiger partial charge in [0.25, 0.3) is 0 Å². The number of ketones is 1. The van der Waals surface area contributed by atoms with Crippen LogP contribution in [0.1, 0.15) is 65.7 Å². The van der Waals surface area contributed by atoms with E-state index in [1.807, 2.05) is 6.08 Å².